The molecule has 0 unspecified atom stereocenters. The van der Waals surface area contributed by atoms with Crippen LogP contribution in [0.2, 0.25) is 0 Å². The quantitative estimate of drug-likeness (QED) is 0.477. The lowest BCUT2D eigenvalue weighted by Gasteiger charge is -2.25. The summed E-state index contributed by atoms with van der Waals surface area (Å²) in [5.74, 6) is -0.578. The average Bonchev–Trinajstić information content (AvgIpc) is 3.31. The van der Waals surface area contributed by atoms with E-state index in [9.17, 15) is 14.4 Å². The fourth-order valence-corrected chi connectivity index (χ4v) is 4.30. The Balaban J connectivity index is 1.41. The van der Waals surface area contributed by atoms with E-state index in [0.717, 1.165) is 5.56 Å². The zero-order valence-electron chi connectivity index (χ0n) is 18.4. The molecule has 0 bridgehead atoms. The van der Waals surface area contributed by atoms with E-state index in [-0.39, 0.29) is 24.8 Å². The molecule has 0 atom stereocenters. The first-order chi connectivity index (χ1) is 16.6. The highest BCUT2D eigenvalue weighted by atomic mass is 32.1. The van der Waals surface area contributed by atoms with Gasteiger partial charge in [-0.2, -0.15) is 0 Å². The van der Waals surface area contributed by atoms with E-state index < -0.39 is 12.0 Å². The number of rotatable bonds is 8. The molecule has 2 amide bonds. The smallest absolute Gasteiger partial charge is 0.407 e. The maximum atomic E-state index is 13.1. The summed E-state index contributed by atoms with van der Waals surface area (Å²) in [6, 6.07) is 18.0. The Hall–Kier alpha value is -3.76. The molecular formula is C24H24N4O5S. The predicted octanol–water partition coefficient (Wildman–Crippen LogP) is 3.08. The van der Waals surface area contributed by atoms with Crippen LogP contribution in [0.3, 0.4) is 0 Å². The second-order valence-electron chi connectivity index (χ2n) is 7.43. The number of thiazole rings is 1. The van der Waals surface area contributed by atoms with Gasteiger partial charge in [0.05, 0.1) is 13.2 Å². The van der Waals surface area contributed by atoms with Crippen LogP contribution in [-0.2, 0) is 20.9 Å². The number of carbonyl (C=O) groups is 3. The topological polar surface area (TPSA) is 110 Å². The fraction of sp³-hybridized carbons (Fsp3) is 0.250. The molecule has 10 heteroatoms. The summed E-state index contributed by atoms with van der Waals surface area (Å²) in [6.07, 6.45) is -0.716. The van der Waals surface area contributed by atoms with Crippen LogP contribution < -0.4 is 15.5 Å². The van der Waals surface area contributed by atoms with Gasteiger partial charge in [-0.3, -0.25) is 9.59 Å². The summed E-state index contributed by atoms with van der Waals surface area (Å²) in [5.41, 5.74) is 1.34. The third-order valence-electron chi connectivity index (χ3n) is 5.00. The van der Waals surface area contributed by atoms with Gasteiger partial charge >= 0.3 is 6.09 Å². The van der Waals surface area contributed by atoms with Crippen molar-refractivity contribution in [3.8, 4) is 0 Å². The lowest BCUT2D eigenvalue weighted by atomic mass is 10.1. The zero-order valence-corrected chi connectivity index (χ0v) is 19.2. The van der Waals surface area contributed by atoms with Crippen molar-refractivity contribution >= 4 is 40.1 Å². The number of hydrogen-bond acceptors (Lipinski definition) is 8. The van der Waals surface area contributed by atoms with Crippen molar-refractivity contribution in [2.75, 3.05) is 43.1 Å². The first-order valence-corrected chi connectivity index (χ1v) is 11.6. The van der Waals surface area contributed by atoms with E-state index in [1.165, 1.54) is 11.3 Å². The zero-order chi connectivity index (χ0) is 23.8. The molecule has 176 valence electrons. The van der Waals surface area contributed by atoms with E-state index in [1.807, 2.05) is 41.3 Å². The number of nitrogens with one attached hydrogen (secondary N) is 2. The third-order valence-corrected chi connectivity index (χ3v) is 6.12. The van der Waals surface area contributed by atoms with Gasteiger partial charge in [-0.05, 0) is 5.56 Å². The summed E-state index contributed by atoms with van der Waals surface area (Å²) in [6.45, 7) is 2.20. The highest BCUT2D eigenvalue weighted by Crippen LogP contribution is 2.32. The van der Waals surface area contributed by atoms with Gasteiger partial charge in [0.25, 0.3) is 0 Å². The SMILES string of the molecule is O=C(CNC(=O)OCc1ccccc1)Nc1nc(N2CCOCC2)sc1C(=O)c1ccccc1. The van der Waals surface area contributed by atoms with E-state index in [4.69, 9.17) is 9.47 Å². The molecule has 2 aromatic carbocycles. The molecule has 0 saturated carbocycles. The molecule has 2 heterocycles. The number of amides is 2. The third kappa shape index (κ3) is 6.18. The van der Waals surface area contributed by atoms with Crippen molar-refractivity contribution < 1.29 is 23.9 Å². The van der Waals surface area contributed by atoms with Gasteiger partial charge in [0.1, 0.15) is 18.0 Å². The number of ketones is 1. The molecule has 1 aliphatic rings. The standard InChI is InChI=1S/C24H24N4O5S/c29-19(15-25-24(31)33-16-17-7-3-1-4-8-17)26-22-21(20(30)18-9-5-2-6-10-18)34-23(27-22)28-11-13-32-14-12-28/h1-10H,11-16H2,(H,25,31)(H,26,29). The minimum absolute atomic E-state index is 0.0962. The highest BCUT2D eigenvalue weighted by molar-refractivity contribution is 7.18. The molecule has 1 saturated heterocycles. The maximum absolute atomic E-state index is 13.1. The second kappa shape index (κ2) is 11.4. The van der Waals surface area contributed by atoms with E-state index in [1.54, 1.807) is 24.3 Å². The molecule has 1 aromatic heterocycles. The molecule has 1 aliphatic heterocycles. The monoisotopic (exact) mass is 480 g/mol. The van der Waals surface area contributed by atoms with Gasteiger partial charge in [-0.25, -0.2) is 9.78 Å². The minimum Gasteiger partial charge on any atom is -0.445 e. The van der Waals surface area contributed by atoms with Gasteiger partial charge in [0, 0.05) is 18.7 Å². The summed E-state index contributed by atoms with van der Waals surface area (Å²) in [4.78, 5) is 44.4. The van der Waals surface area contributed by atoms with Gasteiger partial charge in [0.2, 0.25) is 11.7 Å². The molecule has 0 aliphatic carbocycles. The summed E-state index contributed by atoms with van der Waals surface area (Å²) >= 11 is 1.22. The van der Waals surface area contributed by atoms with Crippen LogP contribution in [0.25, 0.3) is 0 Å². The number of ether oxygens (including phenoxy) is 2. The number of carbonyl (C=O) groups excluding carboxylic acids is 3. The van der Waals surface area contributed by atoms with Crippen molar-refractivity contribution in [3.05, 3.63) is 76.7 Å². The second-order valence-corrected chi connectivity index (χ2v) is 8.41. The lowest BCUT2D eigenvalue weighted by Crippen LogP contribution is -2.36. The molecular weight excluding hydrogens is 456 g/mol. The summed E-state index contributed by atoms with van der Waals surface area (Å²) < 4.78 is 10.5. The first kappa shape index (κ1) is 23.4. The Bertz CT molecular complexity index is 1130. The minimum atomic E-state index is -0.716. The van der Waals surface area contributed by atoms with Crippen LogP contribution in [0.15, 0.2) is 60.7 Å². The van der Waals surface area contributed by atoms with Crippen LogP contribution in [0.4, 0.5) is 15.7 Å². The molecule has 9 nitrogen and oxygen atoms in total. The van der Waals surface area contributed by atoms with Crippen LogP contribution in [0.1, 0.15) is 20.8 Å². The number of nitrogens with zero attached hydrogens (tertiary/aromatic N) is 2. The van der Waals surface area contributed by atoms with E-state index in [0.29, 0.717) is 41.9 Å². The fourth-order valence-electron chi connectivity index (χ4n) is 3.26. The highest BCUT2D eigenvalue weighted by Gasteiger charge is 2.24. The van der Waals surface area contributed by atoms with Gasteiger partial charge in [-0.1, -0.05) is 72.0 Å². The van der Waals surface area contributed by atoms with Crippen LogP contribution >= 0.6 is 11.3 Å². The van der Waals surface area contributed by atoms with Gasteiger partial charge in [-0.15, -0.1) is 0 Å². The van der Waals surface area contributed by atoms with Crippen molar-refractivity contribution in [2.24, 2.45) is 0 Å². The van der Waals surface area contributed by atoms with Gasteiger partial charge < -0.3 is 25.0 Å². The van der Waals surface area contributed by atoms with Crippen molar-refractivity contribution in [2.45, 2.75) is 6.61 Å². The average molecular weight is 481 g/mol. The molecule has 3 aromatic rings. The molecule has 4 rings (SSSR count). The first-order valence-electron chi connectivity index (χ1n) is 10.8. The molecule has 0 spiro atoms. The van der Waals surface area contributed by atoms with Gasteiger partial charge in [0.15, 0.2) is 10.9 Å². The number of morpholine rings is 1. The van der Waals surface area contributed by atoms with E-state index in [2.05, 4.69) is 15.6 Å². The molecule has 2 N–H and O–H groups in total. The Morgan fingerprint density at radius 2 is 1.68 bits per heavy atom. The van der Waals surface area contributed by atoms with Crippen molar-refractivity contribution in [3.63, 3.8) is 0 Å². The van der Waals surface area contributed by atoms with Crippen LogP contribution in [0.5, 0.6) is 0 Å². The Morgan fingerprint density at radius 1 is 1.00 bits per heavy atom. The number of alkyl carbamates (subject to hydrolysis) is 1. The van der Waals surface area contributed by atoms with Crippen molar-refractivity contribution in [1.82, 2.24) is 10.3 Å². The Labute approximate surface area is 200 Å². The number of hydrogen-bond donors (Lipinski definition) is 2. The molecule has 34 heavy (non-hydrogen) atoms. The largest absolute Gasteiger partial charge is 0.445 e. The summed E-state index contributed by atoms with van der Waals surface area (Å²) in [7, 11) is 0. The van der Waals surface area contributed by atoms with Crippen LogP contribution in [0, 0.1) is 0 Å². The predicted molar refractivity (Wildman–Crippen MR) is 128 cm³/mol. The number of aromatic nitrogens is 1. The summed E-state index contributed by atoms with van der Waals surface area (Å²) in [5, 5.41) is 5.71. The maximum Gasteiger partial charge on any atom is 0.407 e. The lowest BCUT2D eigenvalue weighted by molar-refractivity contribution is -0.115. The molecule has 0 radical (unpaired) electrons. The Morgan fingerprint density at radius 3 is 2.38 bits per heavy atom. The van der Waals surface area contributed by atoms with Crippen molar-refractivity contribution in [1.29, 1.82) is 0 Å². The number of anilines is 2. The normalized spacial score (nSPS) is 13.2. The van der Waals surface area contributed by atoms with E-state index >= 15 is 0 Å². The Kier molecular flexibility index (Phi) is 7.84. The van der Waals surface area contributed by atoms with Crippen LogP contribution in [-0.4, -0.2) is 55.6 Å². The number of benzene rings is 2. The molecule has 1 fully saturated rings.